The van der Waals surface area contributed by atoms with Gasteiger partial charge in [0.05, 0.1) is 12.8 Å². The minimum absolute atomic E-state index is 0.0930. The van der Waals surface area contributed by atoms with Crippen molar-refractivity contribution < 1.29 is 73.4 Å². The molecule has 0 atom stereocenters. The van der Waals surface area contributed by atoms with Crippen molar-refractivity contribution in [1.29, 1.82) is 0 Å². The number of esters is 2. The van der Waals surface area contributed by atoms with Crippen molar-refractivity contribution in [2.45, 2.75) is 148 Å². The molecule has 15 nitrogen and oxygen atoms in total. The fourth-order valence-electron chi connectivity index (χ4n) is 6.69. The molecule has 2 heterocycles. The third kappa shape index (κ3) is 7.11. The molecule has 2 aliphatic rings. The number of carbonyl (C=O) groups is 5. The maximum absolute atomic E-state index is 13.1. The number of quaternary nitrogens is 2. The van der Waals surface area contributed by atoms with E-state index in [0.717, 1.165) is 0 Å². The zero-order valence-electron chi connectivity index (χ0n) is 26.8. The lowest BCUT2D eigenvalue weighted by atomic mass is 9.79. The molecule has 0 aromatic rings. The van der Waals surface area contributed by atoms with Gasteiger partial charge in [-0.05, 0) is 55.4 Å². The number of carbonyl (C=O) groups excluding carboxylic acids is 4. The molecule has 15 heteroatoms. The van der Waals surface area contributed by atoms with Crippen LogP contribution in [0, 0.1) is 0 Å². The molecule has 2 fully saturated rings. The second-order valence-electron chi connectivity index (χ2n) is 14.3. The number of nitrogens with zero attached hydrogens (tertiary/aromatic N) is 2. The highest BCUT2D eigenvalue weighted by atomic mass is 17.0. The number of aliphatic carboxylic acids is 1. The number of hydrogen-bond acceptors (Lipinski definition) is 12. The SMILES string of the molecule is CC(=O)OC1CC(C)(C)[N+](O)(OC(=O)CC(O)(CC(=O)O[N+]2(O)C(C)(C)CC(OC(C)=O)CC2(C)C)C(=O)O)C(C)(C)C1. The van der Waals surface area contributed by atoms with E-state index in [1.165, 1.54) is 13.8 Å². The summed E-state index contributed by atoms with van der Waals surface area (Å²) in [6, 6.07) is 0. The molecule has 0 spiro atoms. The Morgan fingerprint density at radius 2 is 0.907 bits per heavy atom. The Balaban J connectivity index is 2.25. The first-order chi connectivity index (χ1) is 19.1. The lowest BCUT2D eigenvalue weighted by molar-refractivity contribution is -1.29. The lowest BCUT2D eigenvalue weighted by Gasteiger charge is -2.53. The Kier molecular flexibility index (Phi) is 9.79. The van der Waals surface area contributed by atoms with E-state index < -0.39 is 92.3 Å². The molecule has 43 heavy (non-hydrogen) atoms. The molecule has 0 unspecified atom stereocenters. The van der Waals surface area contributed by atoms with Gasteiger partial charge in [0.25, 0.3) is 0 Å². The monoisotopic (exact) mass is 620 g/mol. The Bertz CT molecular complexity index is 1030. The van der Waals surface area contributed by atoms with Crippen molar-refractivity contribution >= 4 is 29.8 Å². The minimum Gasteiger partial charge on any atom is -0.479 e. The molecular weight excluding hydrogens is 572 g/mol. The molecule has 0 aromatic heterocycles. The largest absolute Gasteiger partial charge is 0.479 e. The van der Waals surface area contributed by atoms with E-state index in [0.29, 0.717) is 0 Å². The van der Waals surface area contributed by atoms with Crippen LogP contribution >= 0.6 is 0 Å². The summed E-state index contributed by atoms with van der Waals surface area (Å²) in [6.45, 7) is 15.0. The van der Waals surface area contributed by atoms with Crippen LogP contribution in [-0.4, -0.2) is 100 Å². The molecule has 4 N–H and O–H groups in total. The van der Waals surface area contributed by atoms with E-state index in [1.807, 2.05) is 0 Å². The van der Waals surface area contributed by atoms with E-state index >= 15 is 0 Å². The third-order valence-corrected chi connectivity index (χ3v) is 8.60. The van der Waals surface area contributed by atoms with Gasteiger partial charge in [0, 0.05) is 49.2 Å². The average molecular weight is 621 g/mol. The number of carboxylic acids is 1. The van der Waals surface area contributed by atoms with Gasteiger partial charge in [-0.2, -0.15) is 10.4 Å². The predicted molar refractivity (Wildman–Crippen MR) is 144 cm³/mol. The lowest BCUT2D eigenvalue weighted by Crippen LogP contribution is -2.74. The van der Waals surface area contributed by atoms with Crippen LogP contribution < -0.4 is 0 Å². The summed E-state index contributed by atoms with van der Waals surface area (Å²) in [5.74, 6) is -5.63. The Morgan fingerprint density at radius 3 is 1.12 bits per heavy atom. The smallest absolute Gasteiger partial charge is 0.374 e. The first kappa shape index (κ1) is 36.3. The predicted octanol–water partition coefficient (Wildman–Crippen LogP) is 2.48. The van der Waals surface area contributed by atoms with Gasteiger partial charge in [0.1, 0.15) is 12.2 Å². The van der Waals surface area contributed by atoms with Gasteiger partial charge >= 0.3 is 29.8 Å². The van der Waals surface area contributed by atoms with E-state index in [1.54, 1.807) is 55.4 Å². The summed E-state index contributed by atoms with van der Waals surface area (Å²) in [7, 11) is 0. The average Bonchev–Trinajstić information content (AvgIpc) is 2.74. The van der Waals surface area contributed by atoms with E-state index in [9.17, 15) is 44.6 Å². The van der Waals surface area contributed by atoms with Crippen LogP contribution in [0.4, 0.5) is 0 Å². The van der Waals surface area contributed by atoms with Crippen molar-refractivity contribution in [1.82, 2.24) is 0 Å². The summed E-state index contributed by atoms with van der Waals surface area (Å²) in [5, 5.41) is 43.9. The third-order valence-electron chi connectivity index (χ3n) is 8.60. The van der Waals surface area contributed by atoms with Crippen LogP contribution in [0.2, 0.25) is 0 Å². The zero-order valence-corrected chi connectivity index (χ0v) is 26.8. The fourth-order valence-corrected chi connectivity index (χ4v) is 6.69. The van der Waals surface area contributed by atoms with Crippen molar-refractivity contribution in [2.24, 2.45) is 0 Å². The summed E-state index contributed by atoms with van der Waals surface area (Å²) >= 11 is 0. The highest BCUT2D eigenvalue weighted by Gasteiger charge is 2.67. The standard InChI is InChI=1S/C28H47N2O13/c1-17(31)40-19-11-24(3,4)29(38,25(5,6)12-19)42-21(33)15-28(37,23(35)36)16-22(34)43-30(39)26(7,8)13-20(41-18(2)32)14-27(30,9)10/h19-20,37-39H,11-16H2,1-10H3/q+1/p+1. The van der Waals surface area contributed by atoms with Gasteiger partial charge < -0.3 is 19.7 Å². The molecule has 0 bridgehead atoms. The number of hydrogen-bond donors (Lipinski definition) is 4. The molecule has 246 valence electrons. The fraction of sp³-hybridized carbons (Fsp3) is 0.821. The highest BCUT2D eigenvalue weighted by Crippen LogP contribution is 2.47. The number of ether oxygens (including phenoxy) is 2. The van der Waals surface area contributed by atoms with Gasteiger partial charge in [0.2, 0.25) is 0 Å². The topological polar surface area (TPSA) is 203 Å². The molecule has 0 saturated carbocycles. The van der Waals surface area contributed by atoms with Crippen molar-refractivity contribution in [2.75, 3.05) is 0 Å². The molecule has 2 aliphatic heterocycles. The van der Waals surface area contributed by atoms with Crippen molar-refractivity contribution in [3.05, 3.63) is 0 Å². The van der Waals surface area contributed by atoms with E-state index in [-0.39, 0.29) is 25.7 Å². The number of piperidine rings is 2. The highest BCUT2D eigenvalue weighted by molar-refractivity contribution is 5.88. The Labute approximate surface area is 251 Å². The van der Waals surface area contributed by atoms with Crippen molar-refractivity contribution in [3.8, 4) is 0 Å². The van der Waals surface area contributed by atoms with Crippen LogP contribution in [0.15, 0.2) is 0 Å². The molecular formula is C28H48N2O13+2. The maximum atomic E-state index is 13.1. The summed E-state index contributed by atoms with van der Waals surface area (Å²) in [5.41, 5.74) is -7.97. The molecule has 2 saturated heterocycles. The summed E-state index contributed by atoms with van der Waals surface area (Å²) in [6.07, 6.45) is -3.30. The second kappa shape index (κ2) is 11.6. The summed E-state index contributed by atoms with van der Waals surface area (Å²) < 4.78 is 10.7. The van der Waals surface area contributed by atoms with Gasteiger partial charge in [-0.1, -0.05) is 0 Å². The maximum Gasteiger partial charge on any atom is 0.374 e. The normalized spacial score (nSPS) is 31.9. The van der Waals surface area contributed by atoms with Gasteiger partial charge in [-0.15, -0.1) is 0 Å². The zero-order chi connectivity index (χ0) is 33.6. The minimum atomic E-state index is -3.03. The first-order valence-electron chi connectivity index (χ1n) is 14.1. The van der Waals surface area contributed by atoms with E-state index in [4.69, 9.17) is 19.1 Å². The van der Waals surface area contributed by atoms with Gasteiger partial charge in [-0.25, -0.2) is 24.1 Å². The molecule has 2 rings (SSSR count). The Hall–Kier alpha value is -2.85. The molecule has 0 aliphatic carbocycles. The molecule has 0 aromatic carbocycles. The second-order valence-corrected chi connectivity index (χ2v) is 14.3. The van der Waals surface area contributed by atoms with Crippen LogP contribution in [0.25, 0.3) is 0 Å². The van der Waals surface area contributed by atoms with E-state index in [2.05, 4.69) is 0 Å². The first-order valence-corrected chi connectivity index (χ1v) is 14.1. The Morgan fingerprint density at radius 1 is 0.651 bits per heavy atom. The van der Waals surface area contributed by atoms with Gasteiger partial charge in [-0.3, -0.25) is 9.59 Å². The van der Waals surface area contributed by atoms with Crippen LogP contribution in [0.1, 0.15) is 108 Å². The number of hydroxylamine groups is 8. The number of rotatable bonds is 9. The van der Waals surface area contributed by atoms with Crippen LogP contribution in [-0.2, 0) is 43.1 Å². The van der Waals surface area contributed by atoms with Crippen LogP contribution in [0.5, 0.6) is 0 Å². The number of carboxylic acid groups (broad SMARTS) is 1. The number of aliphatic hydroxyl groups is 1. The van der Waals surface area contributed by atoms with Crippen molar-refractivity contribution in [3.63, 3.8) is 0 Å². The molecule has 0 radical (unpaired) electrons. The summed E-state index contributed by atoms with van der Waals surface area (Å²) in [4.78, 5) is 69.5. The molecule has 0 amide bonds. The quantitative estimate of drug-likeness (QED) is 0.216. The van der Waals surface area contributed by atoms with Crippen LogP contribution in [0.3, 0.4) is 0 Å². The van der Waals surface area contributed by atoms with Gasteiger partial charge in [0.15, 0.2) is 27.8 Å².